The van der Waals surface area contributed by atoms with Gasteiger partial charge in [-0.05, 0) is 30.3 Å². The maximum absolute atomic E-state index is 5.37. The number of halogens is 1. The molecule has 0 radical (unpaired) electrons. The minimum atomic E-state index is 0.630. The lowest BCUT2D eigenvalue weighted by atomic mass is 10.2. The van der Waals surface area contributed by atoms with Crippen molar-refractivity contribution in [2.45, 2.75) is 6.54 Å². The molecule has 21 heavy (non-hydrogen) atoms. The quantitative estimate of drug-likeness (QED) is 0.850. The van der Waals surface area contributed by atoms with E-state index in [4.69, 9.17) is 14.2 Å². The molecule has 0 fully saturated rings. The highest BCUT2D eigenvalue weighted by atomic mass is 79.9. The van der Waals surface area contributed by atoms with Crippen LogP contribution in [0, 0.1) is 0 Å². The van der Waals surface area contributed by atoms with Crippen LogP contribution >= 0.6 is 15.9 Å². The fourth-order valence-corrected chi connectivity index (χ4v) is 2.43. The van der Waals surface area contributed by atoms with Crippen molar-refractivity contribution in [2.75, 3.05) is 26.6 Å². The molecule has 0 aromatic heterocycles. The number of hydrogen-bond acceptors (Lipinski definition) is 4. The van der Waals surface area contributed by atoms with Crippen molar-refractivity contribution >= 4 is 21.6 Å². The molecule has 0 unspecified atom stereocenters. The number of anilines is 1. The smallest absolute Gasteiger partial charge is 0.145 e. The number of hydrogen-bond donors (Lipinski definition) is 1. The van der Waals surface area contributed by atoms with E-state index >= 15 is 0 Å². The van der Waals surface area contributed by atoms with Gasteiger partial charge in [0.2, 0.25) is 0 Å². The minimum absolute atomic E-state index is 0.630. The third-order valence-corrected chi connectivity index (χ3v) is 3.61. The van der Waals surface area contributed by atoms with Gasteiger partial charge in [-0.2, -0.15) is 0 Å². The van der Waals surface area contributed by atoms with Crippen LogP contribution in [-0.4, -0.2) is 21.3 Å². The SMILES string of the molecule is COc1ccc(NCc2cc(Br)ccc2OC)c(OC)c1. The molecule has 5 heteroatoms. The maximum Gasteiger partial charge on any atom is 0.145 e. The largest absolute Gasteiger partial charge is 0.497 e. The zero-order chi connectivity index (χ0) is 15.2. The molecule has 2 aromatic rings. The first-order valence-corrected chi connectivity index (χ1v) is 7.25. The molecule has 0 aliphatic heterocycles. The third kappa shape index (κ3) is 3.82. The van der Waals surface area contributed by atoms with Crippen molar-refractivity contribution in [3.8, 4) is 17.2 Å². The van der Waals surface area contributed by atoms with Crippen LogP contribution in [0.4, 0.5) is 5.69 Å². The third-order valence-electron chi connectivity index (χ3n) is 3.12. The molecule has 0 atom stereocenters. The van der Waals surface area contributed by atoms with Gasteiger partial charge in [-0.3, -0.25) is 0 Å². The van der Waals surface area contributed by atoms with E-state index in [0.717, 1.165) is 33.0 Å². The lowest BCUT2D eigenvalue weighted by Gasteiger charge is -2.14. The van der Waals surface area contributed by atoms with Crippen LogP contribution in [0.15, 0.2) is 40.9 Å². The van der Waals surface area contributed by atoms with Crippen molar-refractivity contribution in [3.05, 3.63) is 46.4 Å². The topological polar surface area (TPSA) is 39.7 Å². The maximum atomic E-state index is 5.37. The van der Waals surface area contributed by atoms with E-state index in [2.05, 4.69) is 21.2 Å². The summed E-state index contributed by atoms with van der Waals surface area (Å²) in [5.74, 6) is 2.35. The van der Waals surface area contributed by atoms with E-state index in [1.165, 1.54) is 0 Å². The molecular weight excluding hydrogens is 334 g/mol. The summed E-state index contributed by atoms with van der Waals surface area (Å²) in [7, 11) is 4.94. The van der Waals surface area contributed by atoms with Crippen molar-refractivity contribution in [2.24, 2.45) is 0 Å². The Balaban J connectivity index is 2.18. The van der Waals surface area contributed by atoms with Gasteiger partial charge in [0.25, 0.3) is 0 Å². The molecule has 2 rings (SSSR count). The number of ether oxygens (including phenoxy) is 3. The standard InChI is InChI=1S/C16H18BrNO3/c1-19-13-5-6-14(16(9-13)21-3)18-10-11-8-12(17)4-7-15(11)20-2/h4-9,18H,10H2,1-3H3. The number of rotatable bonds is 6. The molecule has 0 amide bonds. The normalized spacial score (nSPS) is 10.1. The lowest BCUT2D eigenvalue weighted by molar-refractivity contribution is 0.395. The van der Waals surface area contributed by atoms with Crippen LogP contribution in [0.25, 0.3) is 0 Å². The van der Waals surface area contributed by atoms with Gasteiger partial charge in [0.15, 0.2) is 0 Å². The van der Waals surface area contributed by atoms with Crippen LogP contribution in [-0.2, 0) is 6.54 Å². The van der Waals surface area contributed by atoms with Gasteiger partial charge in [0.1, 0.15) is 17.2 Å². The molecule has 112 valence electrons. The first kappa shape index (κ1) is 15.5. The first-order chi connectivity index (χ1) is 10.2. The minimum Gasteiger partial charge on any atom is -0.497 e. The molecule has 0 spiro atoms. The highest BCUT2D eigenvalue weighted by molar-refractivity contribution is 9.10. The molecule has 0 bridgehead atoms. The molecule has 0 aliphatic rings. The van der Waals surface area contributed by atoms with E-state index in [1.54, 1.807) is 21.3 Å². The van der Waals surface area contributed by atoms with Gasteiger partial charge in [0.05, 0.1) is 27.0 Å². The second-order valence-electron chi connectivity index (χ2n) is 4.38. The monoisotopic (exact) mass is 351 g/mol. The van der Waals surface area contributed by atoms with Crippen molar-refractivity contribution < 1.29 is 14.2 Å². The summed E-state index contributed by atoms with van der Waals surface area (Å²) < 4.78 is 17.0. The number of methoxy groups -OCH3 is 3. The summed E-state index contributed by atoms with van der Waals surface area (Å²) in [5, 5.41) is 3.35. The van der Waals surface area contributed by atoms with Gasteiger partial charge < -0.3 is 19.5 Å². The molecule has 0 saturated heterocycles. The second-order valence-corrected chi connectivity index (χ2v) is 5.29. The summed E-state index contributed by atoms with van der Waals surface area (Å²) in [4.78, 5) is 0. The molecular formula is C16H18BrNO3. The molecule has 1 N–H and O–H groups in total. The Labute approximate surface area is 133 Å². The summed E-state index contributed by atoms with van der Waals surface area (Å²) in [5.41, 5.74) is 1.96. The Morgan fingerprint density at radius 1 is 0.905 bits per heavy atom. The fraction of sp³-hybridized carbons (Fsp3) is 0.250. The van der Waals surface area contributed by atoms with Gasteiger partial charge in [-0.15, -0.1) is 0 Å². The zero-order valence-corrected chi connectivity index (χ0v) is 13.9. The molecule has 0 aliphatic carbocycles. The van der Waals surface area contributed by atoms with E-state index < -0.39 is 0 Å². The van der Waals surface area contributed by atoms with Crippen LogP contribution in [0.3, 0.4) is 0 Å². The van der Waals surface area contributed by atoms with E-state index in [9.17, 15) is 0 Å². The highest BCUT2D eigenvalue weighted by Crippen LogP contribution is 2.30. The summed E-state index contributed by atoms with van der Waals surface area (Å²) in [6, 6.07) is 11.6. The van der Waals surface area contributed by atoms with Crippen LogP contribution < -0.4 is 19.5 Å². The Morgan fingerprint density at radius 3 is 2.33 bits per heavy atom. The van der Waals surface area contributed by atoms with Gasteiger partial charge >= 0.3 is 0 Å². The van der Waals surface area contributed by atoms with Gasteiger partial charge in [0, 0.05) is 22.6 Å². The second kappa shape index (κ2) is 7.22. The van der Waals surface area contributed by atoms with Gasteiger partial charge in [-0.25, -0.2) is 0 Å². The summed E-state index contributed by atoms with van der Waals surface area (Å²) in [6.07, 6.45) is 0. The van der Waals surface area contributed by atoms with Gasteiger partial charge in [-0.1, -0.05) is 15.9 Å². The van der Waals surface area contributed by atoms with Crippen LogP contribution in [0.1, 0.15) is 5.56 Å². The van der Waals surface area contributed by atoms with E-state index in [1.807, 2.05) is 36.4 Å². The molecule has 0 heterocycles. The van der Waals surface area contributed by atoms with Crippen molar-refractivity contribution in [1.82, 2.24) is 0 Å². The Hall–Kier alpha value is -1.88. The van der Waals surface area contributed by atoms with Crippen LogP contribution in [0.2, 0.25) is 0 Å². The highest BCUT2D eigenvalue weighted by Gasteiger charge is 2.07. The fourth-order valence-electron chi connectivity index (χ4n) is 2.02. The molecule has 2 aromatic carbocycles. The molecule has 0 saturated carbocycles. The Kier molecular flexibility index (Phi) is 5.33. The van der Waals surface area contributed by atoms with E-state index in [0.29, 0.717) is 6.54 Å². The number of nitrogens with one attached hydrogen (secondary N) is 1. The zero-order valence-electron chi connectivity index (χ0n) is 12.3. The average Bonchev–Trinajstić information content (AvgIpc) is 2.52. The van der Waals surface area contributed by atoms with Crippen molar-refractivity contribution in [1.29, 1.82) is 0 Å². The van der Waals surface area contributed by atoms with Crippen LogP contribution in [0.5, 0.6) is 17.2 Å². The number of benzene rings is 2. The predicted molar refractivity (Wildman–Crippen MR) is 87.6 cm³/mol. The average molecular weight is 352 g/mol. The van der Waals surface area contributed by atoms with Crippen molar-refractivity contribution in [3.63, 3.8) is 0 Å². The first-order valence-electron chi connectivity index (χ1n) is 6.46. The lowest BCUT2D eigenvalue weighted by Crippen LogP contribution is -2.03. The predicted octanol–water partition coefficient (Wildman–Crippen LogP) is 4.09. The summed E-state index contributed by atoms with van der Waals surface area (Å²) >= 11 is 3.47. The molecule has 4 nitrogen and oxygen atoms in total. The van der Waals surface area contributed by atoms with E-state index in [-0.39, 0.29) is 0 Å². The summed E-state index contributed by atoms with van der Waals surface area (Å²) in [6.45, 7) is 0.630. The Bertz CT molecular complexity index is 616. The Morgan fingerprint density at radius 2 is 1.67 bits per heavy atom.